The SMILES string of the molecule is NNc1nc2ccc(Cl)cc2[n+]([O-])n1. The van der Waals surface area contributed by atoms with E-state index >= 15 is 0 Å². The number of nitrogen functional groups attached to an aromatic ring is 1. The molecule has 1 aromatic heterocycles. The Morgan fingerprint density at radius 2 is 2.29 bits per heavy atom. The lowest BCUT2D eigenvalue weighted by Gasteiger charge is -2.01. The summed E-state index contributed by atoms with van der Waals surface area (Å²) in [6.45, 7) is 0. The summed E-state index contributed by atoms with van der Waals surface area (Å²) in [7, 11) is 0. The summed E-state index contributed by atoms with van der Waals surface area (Å²) in [5, 5.41) is 15.3. The number of hydrogen-bond donors (Lipinski definition) is 2. The quantitative estimate of drug-likeness (QED) is 0.304. The molecule has 1 aromatic carbocycles. The highest BCUT2D eigenvalue weighted by molar-refractivity contribution is 6.31. The van der Waals surface area contributed by atoms with Crippen molar-refractivity contribution in [3.63, 3.8) is 0 Å². The molecule has 0 aliphatic heterocycles. The fourth-order valence-corrected chi connectivity index (χ4v) is 1.25. The number of rotatable bonds is 1. The lowest BCUT2D eigenvalue weighted by molar-refractivity contribution is -0.641. The number of halogens is 1. The fourth-order valence-electron chi connectivity index (χ4n) is 1.08. The van der Waals surface area contributed by atoms with Crippen LogP contribution in [0.15, 0.2) is 18.2 Å². The smallest absolute Gasteiger partial charge is 0.304 e. The minimum atomic E-state index is 0.0647. The average molecular weight is 212 g/mol. The maximum absolute atomic E-state index is 11.3. The van der Waals surface area contributed by atoms with Crippen molar-refractivity contribution in [2.24, 2.45) is 5.84 Å². The van der Waals surface area contributed by atoms with Gasteiger partial charge in [-0.1, -0.05) is 11.6 Å². The number of anilines is 1. The number of hydrogen-bond acceptors (Lipinski definition) is 5. The summed E-state index contributed by atoms with van der Waals surface area (Å²) in [5.41, 5.74) is 2.98. The molecule has 0 fully saturated rings. The molecular formula is C7H6ClN5O. The molecule has 0 aliphatic rings. The highest BCUT2D eigenvalue weighted by Gasteiger charge is 2.09. The summed E-state index contributed by atoms with van der Waals surface area (Å²) in [6.07, 6.45) is 0. The number of hydrazine groups is 1. The molecule has 0 spiro atoms. The molecule has 0 amide bonds. The van der Waals surface area contributed by atoms with Crippen molar-refractivity contribution in [1.82, 2.24) is 10.1 Å². The first-order chi connectivity index (χ1) is 6.70. The predicted molar refractivity (Wildman–Crippen MR) is 51.3 cm³/mol. The fraction of sp³-hybridized carbons (Fsp3) is 0. The molecule has 0 saturated carbocycles. The molecule has 1 heterocycles. The van der Waals surface area contributed by atoms with Crippen molar-refractivity contribution in [2.75, 3.05) is 5.43 Å². The van der Waals surface area contributed by atoms with Crippen LogP contribution in [-0.2, 0) is 0 Å². The van der Waals surface area contributed by atoms with Gasteiger partial charge in [-0.25, -0.2) is 10.8 Å². The molecule has 2 rings (SSSR count). The summed E-state index contributed by atoms with van der Waals surface area (Å²) in [4.78, 5) is 4.39. The number of fused-ring (bicyclic) bond motifs is 1. The molecular weight excluding hydrogens is 206 g/mol. The van der Waals surface area contributed by atoms with E-state index in [1.54, 1.807) is 12.1 Å². The lowest BCUT2D eigenvalue weighted by Crippen LogP contribution is -2.34. The van der Waals surface area contributed by atoms with Gasteiger partial charge in [0.15, 0.2) is 0 Å². The second kappa shape index (κ2) is 3.24. The Morgan fingerprint density at radius 1 is 1.50 bits per heavy atom. The van der Waals surface area contributed by atoms with E-state index in [2.05, 4.69) is 15.5 Å². The van der Waals surface area contributed by atoms with Crippen LogP contribution in [0.2, 0.25) is 5.02 Å². The number of nitrogens with zero attached hydrogens (tertiary/aromatic N) is 3. The monoisotopic (exact) mass is 211 g/mol. The topological polar surface area (TPSA) is 90.8 Å². The molecule has 14 heavy (non-hydrogen) atoms. The molecule has 0 unspecified atom stereocenters. The van der Waals surface area contributed by atoms with Gasteiger partial charge < -0.3 is 5.21 Å². The first-order valence-electron chi connectivity index (χ1n) is 3.74. The van der Waals surface area contributed by atoms with E-state index < -0.39 is 0 Å². The van der Waals surface area contributed by atoms with E-state index in [1.165, 1.54) is 6.07 Å². The second-order valence-electron chi connectivity index (χ2n) is 2.59. The van der Waals surface area contributed by atoms with E-state index in [9.17, 15) is 5.21 Å². The summed E-state index contributed by atoms with van der Waals surface area (Å²) >= 11 is 5.72. The van der Waals surface area contributed by atoms with Gasteiger partial charge in [0.1, 0.15) is 5.52 Å². The van der Waals surface area contributed by atoms with Crippen LogP contribution in [0.3, 0.4) is 0 Å². The van der Waals surface area contributed by atoms with Gasteiger partial charge in [0, 0.05) is 11.1 Å². The summed E-state index contributed by atoms with van der Waals surface area (Å²) in [5.74, 6) is 5.15. The average Bonchev–Trinajstić information content (AvgIpc) is 2.19. The van der Waals surface area contributed by atoms with Crippen LogP contribution in [0.5, 0.6) is 0 Å². The number of benzene rings is 1. The Balaban J connectivity index is 2.76. The van der Waals surface area contributed by atoms with Crippen molar-refractivity contribution >= 4 is 28.6 Å². The highest BCUT2D eigenvalue weighted by Crippen LogP contribution is 2.14. The van der Waals surface area contributed by atoms with Crippen LogP contribution in [0.4, 0.5) is 5.95 Å². The summed E-state index contributed by atoms with van der Waals surface area (Å²) in [6, 6.07) is 4.75. The molecule has 72 valence electrons. The van der Waals surface area contributed by atoms with Crippen LogP contribution in [0.25, 0.3) is 11.0 Å². The van der Waals surface area contributed by atoms with Gasteiger partial charge in [-0.3, -0.25) is 5.43 Å². The second-order valence-corrected chi connectivity index (χ2v) is 3.02. The van der Waals surface area contributed by atoms with Crippen LogP contribution in [-0.4, -0.2) is 10.1 Å². The van der Waals surface area contributed by atoms with Gasteiger partial charge >= 0.3 is 5.95 Å². The number of nitrogens with two attached hydrogens (primary N) is 1. The van der Waals surface area contributed by atoms with Crippen molar-refractivity contribution in [1.29, 1.82) is 0 Å². The third kappa shape index (κ3) is 1.40. The van der Waals surface area contributed by atoms with Crippen LogP contribution in [0, 0.1) is 5.21 Å². The molecule has 6 nitrogen and oxygen atoms in total. The van der Waals surface area contributed by atoms with Crippen molar-refractivity contribution in [3.05, 3.63) is 28.4 Å². The standard InChI is InChI=1S/C7H6ClN5O/c8-4-1-2-5-6(3-4)13(14)12-7(10-5)11-9/h1-3H,9H2,(H,10,11,12). The number of nitrogens with one attached hydrogen (secondary N) is 1. The third-order valence-corrected chi connectivity index (χ3v) is 1.92. The van der Waals surface area contributed by atoms with Crippen LogP contribution in [0.1, 0.15) is 0 Å². The lowest BCUT2D eigenvalue weighted by atomic mass is 10.3. The van der Waals surface area contributed by atoms with E-state index in [4.69, 9.17) is 17.4 Å². The first-order valence-corrected chi connectivity index (χ1v) is 4.12. The van der Waals surface area contributed by atoms with Crippen LogP contribution < -0.4 is 16.1 Å². The third-order valence-electron chi connectivity index (χ3n) is 1.68. The maximum atomic E-state index is 11.3. The van der Waals surface area contributed by atoms with E-state index in [-0.39, 0.29) is 5.95 Å². The molecule has 0 atom stereocenters. The minimum Gasteiger partial charge on any atom is -0.594 e. The van der Waals surface area contributed by atoms with Gasteiger partial charge in [-0.15, -0.1) is 0 Å². The Bertz CT molecular complexity index is 489. The Labute approximate surface area is 83.9 Å². The summed E-state index contributed by atoms with van der Waals surface area (Å²) < 4.78 is 0. The van der Waals surface area contributed by atoms with Gasteiger partial charge in [0.2, 0.25) is 0 Å². The maximum Gasteiger partial charge on any atom is 0.304 e. The van der Waals surface area contributed by atoms with Gasteiger partial charge in [0.05, 0.1) is 5.10 Å². The Morgan fingerprint density at radius 3 is 3.00 bits per heavy atom. The van der Waals surface area contributed by atoms with Gasteiger partial charge in [0.25, 0.3) is 5.52 Å². The van der Waals surface area contributed by atoms with E-state index in [0.29, 0.717) is 20.9 Å². The largest absolute Gasteiger partial charge is 0.594 e. The van der Waals surface area contributed by atoms with Crippen molar-refractivity contribution in [2.45, 2.75) is 0 Å². The molecule has 7 heteroatoms. The normalized spacial score (nSPS) is 10.4. The van der Waals surface area contributed by atoms with Crippen LogP contribution >= 0.6 is 11.6 Å². The molecule has 3 N–H and O–H groups in total. The molecule has 0 radical (unpaired) electrons. The predicted octanol–water partition coefficient (Wildman–Crippen LogP) is 0.202. The zero-order chi connectivity index (χ0) is 10.1. The van der Waals surface area contributed by atoms with E-state index in [1.807, 2.05) is 0 Å². The van der Waals surface area contributed by atoms with Crippen molar-refractivity contribution < 1.29 is 4.85 Å². The Hall–Kier alpha value is -1.66. The van der Waals surface area contributed by atoms with Gasteiger partial charge in [-0.2, -0.15) is 0 Å². The highest BCUT2D eigenvalue weighted by atomic mass is 35.5. The molecule has 0 aliphatic carbocycles. The molecule has 0 saturated heterocycles. The van der Waals surface area contributed by atoms with E-state index in [0.717, 1.165) is 0 Å². The Kier molecular flexibility index (Phi) is 2.06. The number of aromatic nitrogens is 3. The zero-order valence-electron chi connectivity index (χ0n) is 6.94. The van der Waals surface area contributed by atoms with Gasteiger partial charge in [-0.05, 0) is 17.0 Å². The first kappa shape index (κ1) is 8.92. The minimum absolute atomic E-state index is 0.0647. The van der Waals surface area contributed by atoms with Crippen molar-refractivity contribution in [3.8, 4) is 0 Å². The zero-order valence-corrected chi connectivity index (χ0v) is 7.69. The molecule has 2 aromatic rings. The molecule has 0 bridgehead atoms.